The smallest absolute Gasteiger partial charge is 0.0899 e. The van der Waals surface area contributed by atoms with Crippen molar-refractivity contribution in [3.05, 3.63) is 0 Å². The fourth-order valence-corrected chi connectivity index (χ4v) is 1.82. The van der Waals surface area contributed by atoms with Gasteiger partial charge >= 0.3 is 0 Å². The third kappa shape index (κ3) is 4.84. The summed E-state index contributed by atoms with van der Waals surface area (Å²) in [6, 6.07) is 0.746. The molecule has 0 saturated heterocycles. The summed E-state index contributed by atoms with van der Waals surface area (Å²) in [4.78, 5) is 2.82. The molecule has 0 aliphatic carbocycles. The predicted octanol–water partition coefficient (Wildman–Crippen LogP) is 1.73. The van der Waals surface area contributed by atoms with E-state index in [1.54, 1.807) is 0 Å². The Morgan fingerprint density at radius 2 is 2.08 bits per heavy atom. The molecule has 0 aromatic carbocycles. The molecular weight excluding hydrogens is 200 g/mol. The Bertz CT molecular complexity index is 162. The maximum absolute atomic E-state index is 5.59. The largest absolute Gasteiger partial charge is 0.392 e. The van der Waals surface area contributed by atoms with Crippen molar-refractivity contribution in [1.82, 2.24) is 4.90 Å². The van der Waals surface area contributed by atoms with Gasteiger partial charge < -0.3 is 5.73 Å². The molecule has 0 heterocycles. The van der Waals surface area contributed by atoms with E-state index < -0.39 is 0 Å². The topological polar surface area (TPSA) is 29.3 Å². The van der Waals surface area contributed by atoms with Gasteiger partial charge in [-0.2, -0.15) is 11.8 Å². The molecule has 2 atom stereocenters. The van der Waals surface area contributed by atoms with Gasteiger partial charge in [0.2, 0.25) is 0 Å². The first-order valence-electron chi connectivity index (χ1n) is 4.50. The molecule has 0 aliphatic heterocycles. The summed E-state index contributed by atoms with van der Waals surface area (Å²) in [7, 11) is 2.08. The van der Waals surface area contributed by atoms with Gasteiger partial charge in [-0.05, 0) is 39.3 Å². The van der Waals surface area contributed by atoms with Gasteiger partial charge in [0.05, 0.1) is 11.0 Å². The number of thioether (sulfide) groups is 1. The lowest BCUT2D eigenvalue weighted by atomic mass is 10.2. The summed E-state index contributed by atoms with van der Waals surface area (Å²) in [5, 5.41) is 0. The summed E-state index contributed by atoms with van der Waals surface area (Å²) in [5.41, 5.74) is 5.59. The van der Waals surface area contributed by atoms with E-state index in [0.29, 0.717) is 11.0 Å². The summed E-state index contributed by atoms with van der Waals surface area (Å²) in [5.74, 6) is 1.19. The summed E-state index contributed by atoms with van der Waals surface area (Å²) >= 11 is 6.83. The van der Waals surface area contributed by atoms with Crippen LogP contribution in [0, 0.1) is 0 Å². The number of hydrogen-bond donors (Lipinski definition) is 1. The van der Waals surface area contributed by atoms with Crippen LogP contribution in [0.4, 0.5) is 0 Å². The highest BCUT2D eigenvalue weighted by Gasteiger charge is 2.16. The van der Waals surface area contributed by atoms with Crippen molar-refractivity contribution in [2.24, 2.45) is 5.73 Å². The first-order chi connectivity index (χ1) is 6.00. The predicted molar refractivity (Wildman–Crippen MR) is 66.5 cm³/mol. The van der Waals surface area contributed by atoms with Crippen LogP contribution in [0.5, 0.6) is 0 Å². The normalized spacial score (nSPS) is 15.8. The van der Waals surface area contributed by atoms with Crippen LogP contribution in [0.25, 0.3) is 0 Å². The third-order valence-electron chi connectivity index (χ3n) is 2.46. The molecule has 0 fully saturated rings. The maximum atomic E-state index is 5.59. The number of hydrogen-bond acceptors (Lipinski definition) is 3. The fraction of sp³-hybridized carbons (Fsp3) is 0.889. The van der Waals surface area contributed by atoms with Gasteiger partial charge in [-0.15, -0.1) is 0 Å². The van der Waals surface area contributed by atoms with Crippen molar-refractivity contribution in [1.29, 1.82) is 0 Å². The van der Waals surface area contributed by atoms with Crippen molar-refractivity contribution in [3.63, 3.8) is 0 Å². The standard InChI is InChI=1S/C9H20N2S2/c1-7(5-6-13-4)11(3)8(2)9(10)12/h7-8H,5-6H2,1-4H3,(H2,10,12). The molecule has 13 heavy (non-hydrogen) atoms. The van der Waals surface area contributed by atoms with Crippen LogP contribution in [-0.4, -0.2) is 41.0 Å². The molecule has 2 unspecified atom stereocenters. The quantitative estimate of drug-likeness (QED) is 0.690. The van der Waals surface area contributed by atoms with E-state index in [4.69, 9.17) is 18.0 Å². The Balaban J connectivity index is 3.93. The molecule has 0 aliphatic rings. The second kappa shape index (κ2) is 6.62. The zero-order valence-corrected chi connectivity index (χ0v) is 10.5. The van der Waals surface area contributed by atoms with Gasteiger partial charge in [-0.3, -0.25) is 4.90 Å². The van der Waals surface area contributed by atoms with E-state index in [1.165, 1.54) is 12.2 Å². The van der Waals surface area contributed by atoms with Crippen molar-refractivity contribution < 1.29 is 0 Å². The highest BCUT2D eigenvalue weighted by molar-refractivity contribution is 7.98. The van der Waals surface area contributed by atoms with Crippen LogP contribution in [0.2, 0.25) is 0 Å². The van der Waals surface area contributed by atoms with E-state index in [9.17, 15) is 0 Å². The Morgan fingerprint density at radius 1 is 1.54 bits per heavy atom. The van der Waals surface area contributed by atoms with E-state index in [2.05, 4.69) is 32.1 Å². The second-order valence-electron chi connectivity index (χ2n) is 3.37. The minimum atomic E-state index is 0.201. The zero-order chi connectivity index (χ0) is 10.4. The Hall–Kier alpha value is 0.200. The van der Waals surface area contributed by atoms with E-state index in [-0.39, 0.29) is 6.04 Å². The average molecular weight is 220 g/mol. The van der Waals surface area contributed by atoms with Crippen LogP contribution < -0.4 is 5.73 Å². The molecule has 0 spiro atoms. The van der Waals surface area contributed by atoms with Gasteiger partial charge in [-0.25, -0.2) is 0 Å². The van der Waals surface area contributed by atoms with Gasteiger partial charge in [0.15, 0.2) is 0 Å². The van der Waals surface area contributed by atoms with Crippen LogP contribution in [0.15, 0.2) is 0 Å². The van der Waals surface area contributed by atoms with Crippen LogP contribution in [0.1, 0.15) is 20.3 Å². The van der Waals surface area contributed by atoms with Crippen molar-refractivity contribution >= 4 is 29.0 Å². The van der Waals surface area contributed by atoms with Crippen LogP contribution in [-0.2, 0) is 0 Å². The van der Waals surface area contributed by atoms with Crippen molar-refractivity contribution in [3.8, 4) is 0 Å². The molecule has 0 amide bonds. The Kier molecular flexibility index (Phi) is 6.73. The first-order valence-corrected chi connectivity index (χ1v) is 6.31. The lowest BCUT2D eigenvalue weighted by Gasteiger charge is -2.29. The fourth-order valence-electron chi connectivity index (χ4n) is 1.07. The highest BCUT2D eigenvalue weighted by Crippen LogP contribution is 2.09. The molecule has 4 heteroatoms. The molecule has 2 N–H and O–H groups in total. The first kappa shape index (κ1) is 13.2. The maximum Gasteiger partial charge on any atom is 0.0899 e. The SMILES string of the molecule is CSCCC(C)N(C)C(C)C(N)=S. The molecule has 0 bridgehead atoms. The van der Waals surface area contributed by atoms with E-state index in [0.717, 1.165) is 0 Å². The van der Waals surface area contributed by atoms with Gasteiger partial charge in [-0.1, -0.05) is 12.2 Å². The molecular formula is C9H20N2S2. The molecule has 0 aromatic rings. The summed E-state index contributed by atoms with van der Waals surface area (Å²) in [6.07, 6.45) is 3.31. The number of thiocarbonyl (C=S) groups is 1. The average Bonchev–Trinajstić information content (AvgIpc) is 2.11. The lowest BCUT2D eigenvalue weighted by Crippen LogP contribution is -2.44. The second-order valence-corrected chi connectivity index (χ2v) is 4.83. The van der Waals surface area contributed by atoms with Crippen LogP contribution >= 0.6 is 24.0 Å². The van der Waals surface area contributed by atoms with Crippen molar-refractivity contribution in [2.45, 2.75) is 32.4 Å². The highest BCUT2D eigenvalue weighted by atomic mass is 32.2. The van der Waals surface area contributed by atoms with Gasteiger partial charge in [0, 0.05) is 6.04 Å². The Labute approximate surface area is 91.2 Å². The van der Waals surface area contributed by atoms with Gasteiger partial charge in [0.25, 0.3) is 0 Å². The molecule has 78 valence electrons. The number of rotatable bonds is 6. The molecule has 0 saturated carbocycles. The van der Waals surface area contributed by atoms with E-state index >= 15 is 0 Å². The minimum absolute atomic E-state index is 0.201. The minimum Gasteiger partial charge on any atom is -0.392 e. The van der Waals surface area contributed by atoms with Gasteiger partial charge in [0.1, 0.15) is 0 Å². The molecule has 0 aromatic heterocycles. The van der Waals surface area contributed by atoms with E-state index in [1.807, 2.05) is 11.8 Å². The number of nitrogens with two attached hydrogens (primary N) is 1. The Morgan fingerprint density at radius 3 is 2.46 bits per heavy atom. The molecule has 0 radical (unpaired) electrons. The third-order valence-corrected chi connectivity index (χ3v) is 3.44. The number of likely N-dealkylation sites (N-methyl/N-ethyl adjacent to an activating group) is 1. The van der Waals surface area contributed by atoms with Crippen molar-refractivity contribution in [2.75, 3.05) is 19.1 Å². The molecule has 0 rings (SSSR count). The van der Waals surface area contributed by atoms with Crippen LogP contribution in [0.3, 0.4) is 0 Å². The number of nitrogens with zero attached hydrogens (tertiary/aromatic N) is 1. The summed E-state index contributed by atoms with van der Waals surface area (Å²) in [6.45, 7) is 4.27. The zero-order valence-electron chi connectivity index (χ0n) is 8.91. The molecule has 2 nitrogen and oxygen atoms in total. The summed E-state index contributed by atoms with van der Waals surface area (Å²) < 4.78 is 0. The monoisotopic (exact) mass is 220 g/mol. The lowest BCUT2D eigenvalue weighted by molar-refractivity contribution is 0.234.